The molecular weight excluding hydrogens is 1420 g/mol. The first kappa shape index (κ1) is 85.7. The van der Waals surface area contributed by atoms with Crippen LogP contribution in [0.15, 0.2) is 4.99 Å². The Morgan fingerprint density at radius 2 is 0.624 bits per heavy atom. The summed E-state index contributed by atoms with van der Waals surface area (Å²) in [5.74, 6) is -0.379. The fraction of sp³-hybridized carbons (Fsp3) is 0.946. The molecule has 37 atom stereocenters. The number of hydrogen-bond donors (Lipinski definition) is 26. The van der Waals surface area contributed by atoms with Gasteiger partial charge in [-0.05, 0) is 32.1 Å². The van der Waals surface area contributed by atoms with Gasteiger partial charge in [-0.25, -0.2) is 0 Å². The maximum Gasteiger partial charge on any atom is 0.320 e. The summed E-state index contributed by atoms with van der Waals surface area (Å²) in [6.07, 6.45) is -64.5. The molecule has 29 N–H and O–H groups in total. The predicted molar refractivity (Wildman–Crippen MR) is 329 cm³/mol. The second-order valence-electron chi connectivity index (χ2n) is 25.0. The highest BCUT2D eigenvalue weighted by atomic mass is 33.1. The van der Waals surface area contributed by atoms with Crippen LogP contribution in [0, 0.1) is 0 Å². The summed E-state index contributed by atoms with van der Waals surface area (Å²) in [5, 5.41) is 248. The molecule has 0 unspecified atom stereocenters. The van der Waals surface area contributed by atoms with Crippen molar-refractivity contribution >= 4 is 39.5 Å². The quantitative estimate of drug-likeness (QED) is 0.0278. The van der Waals surface area contributed by atoms with E-state index in [1.165, 1.54) is 18.6 Å². The molecule has 45 heteroatoms. The summed E-state index contributed by atoms with van der Waals surface area (Å²) in [4.78, 5) is 24.1. The average molecular weight is 1520 g/mol. The van der Waals surface area contributed by atoms with Gasteiger partial charge >= 0.3 is 11.9 Å². The van der Waals surface area contributed by atoms with Crippen molar-refractivity contribution in [3.63, 3.8) is 0 Å². The molecule has 14 bridgehead atoms. The van der Waals surface area contributed by atoms with Crippen LogP contribution in [0.25, 0.3) is 0 Å². The highest BCUT2D eigenvalue weighted by Gasteiger charge is 2.60. The number of nitrogens with zero attached hydrogens (tertiary/aromatic N) is 1. The van der Waals surface area contributed by atoms with Crippen LogP contribution in [0.4, 0.5) is 0 Å². The Kier molecular flexibility index (Phi) is 34.0. The van der Waals surface area contributed by atoms with Crippen molar-refractivity contribution in [2.75, 3.05) is 58.5 Å². The number of hydrogen-bond acceptors (Lipinski definition) is 41. The number of carboxylic acid groups (broad SMARTS) is 2. The molecule has 0 aromatic heterocycles. The lowest BCUT2D eigenvalue weighted by Crippen LogP contribution is -2.68. The van der Waals surface area contributed by atoms with Crippen molar-refractivity contribution in [3.05, 3.63) is 0 Å². The van der Waals surface area contributed by atoms with Gasteiger partial charge in [-0.2, -0.15) is 0 Å². The number of aliphatic imine (C=N–C) groups is 1. The SMILES string of the molecule is NC(N)=NCCC[C@H](N)C(=O)O.O=C(O)CCCC[C@@H]1CCSS1.OC[C@H]1O[C@@H]2O[C@H]3[C@H](O)[C@@H](O)[C@@H](O[C@H]4[C@H](O)[C@@H](O)[C@@H](O[C@H]5[C@H](O)[C@@H](O)[C@@H](O[C@H]6[C@H](O)[C@@H](O)[C@@H](O[C@H]7[C@H](O)[C@@H](O)[C@@H](O[C@H]8[C@H](O)[C@@H](O)[C@@H](O[C@H]1[C@H](O)[C@H]2O)O[C@@H]8CO)O[C@@H]7CO)O[C@@H]6CO)O[C@@H]5CO)O[C@@H]4CO)O[C@@H]3CO. The molecule has 22 rings (SSSR count). The molecule has 588 valence electrons. The van der Waals surface area contributed by atoms with Crippen LogP contribution in [0.5, 0.6) is 0 Å². The zero-order chi connectivity index (χ0) is 74.4. The normalized spacial score (nSPS) is 46.4. The zero-order valence-electron chi connectivity index (χ0n) is 54.0. The summed E-state index contributed by atoms with van der Waals surface area (Å²) >= 11 is 0. The van der Waals surface area contributed by atoms with Gasteiger partial charge in [0.05, 0.1) is 46.2 Å². The Labute approximate surface area is 583 Å². The molecule has 0 amide bonds. The van der Waals surface area contributed by atoms with Gasteiger partial charge in [0.25, 0.3) is 0 Å². The molecule has 0 aromatic rings. The fourth-order valence-electron chi connectivity index (χ4n) is 12.3. The van der Waals surface area contributed by atoms with E-state index < -0.39 is 279 Å². The highest BCUT2D eigenvalue weighted by Crippen LogP contribution is 2.41. The Balaban J connectivity index is 0.000000503. The minimum Gasteiger partial charge on any atom is -0.481 e. The maximum absolute atomic E-state index is 11.3. The van der Waals surface area contributed by atoms with E-state index in [0.717, 1.165) is 18.1 Å². The van der Waals surface area contributed by atoms with E-state index in [0.29, 0.717) is 25.8 Å². The lowest BCUT2D eigenvalue weighted by Gasteiger charge is -2.50. The lowest BCUT2D eigenvalue weighted by molar-refractivity contribution is -0.396. The van der Waals surface area contributed by atoms with Gasteiger partial charge < -0.3 is 201 Å². The number of aliphatic carboxylic acids is 2. The molecule has 0 radical (unpaired) electrons. The standard InChI is InChI=1S/C42H70O35.C8H14O2S2.C6H14N4O2/c43-1-8-29-15(50)22(57)36(64-8)72-30-9(2-44)66-38(24(59)17(30)52)74-32-11(4-46)68-40(26(61)19(32)54)76-34-13(6-48)70-42(28(63)21(34)56)77-35-14(7-49)69-41(27(62)20(35)55)75-33-12(5-47)67-39(25(60)18(33)53)73-31-10(3-45)65-37(71-29)23(58)16(31)51;9-8(10)4-2-1-3-7-5-6-11-12-7;7-4(5(11)12)2-1-3-10-6(8)9/h8-63H,1-7H2;7H,1-6H2,(H,9,10);4H,1-3,7H2,(H,11,12)(H4,8,9,10)/t8-,9-,10-,11-,12-,13-,14-,15-,16-,17-,18-,19-,20-,21-,22-,23-,24-,25-,26-,27-,28-,29-,30-,31-,32-,33-,34-,35-,36-,37-,38-,39-,40-,41-,42-;7-;4-/m110/s1. The van der Waals surface area contributed by atoms with Gasteiger partial charge in [-0.15, -0.1) is 0 Å². The Morgan fingerprint density at radius 3 is 0.812 bits per heavy atom. The third-order valence-corrected chi connectivity index (χ3v) is 21.0. The summed E-state index contributed by atoms with van der Waals surface area (Å²) in [7, 11) is 3.92. The minimum atomic E-state index is -2.21. The lowest BCUT2D eigenvalue weighted by atomic mass is 9.95. The first-order chi connectivity index (χ1) is 48.0. The van der Waals surface area contributed by atoms with E-state index in [2.05, 4.69) is 4.99 Å². The number of guanidine groups is 1. The van der Waals surface area contributed by atoms with E-state index in [-0.39, 0.29) is 5.96 Å². The van der Waals surface area contributed by atoms with E-state index in [1.807, 2.05) is 21.6 Å². The molecule has 22 aliphatic heterocycles. The number of ether oxygens (including phenoxy) is 14. The fourth-order valence-corrected chi connectivity index (χ4v) is 15.3. The van der Waals surface area contributed by atoms with Crippen LogP contribution < -0.4 is 17.2 Å². The molecule has 0 saturated carbocycles. The van der Waals surface area contributed by atoms with Crippen LogP contribution in [0.3, 0.4) is 0 Å². The number of nitrogens with two attached hydrogens (primary N) is 3. The number of aliphatic hydroxyl groups excluding tert-OH is 21. The van der Waals surface area contributed by atoms with Gasteiger partial charge in [0.1, 0.15) is 177 Å². The Bertz CT molecular complexity index is 2140. The second kappa shape index (κ2) is 40.1. The third kappa shape index (κ3) is 21.2. The van der Waals surface area contributed by atoms with Crippen LogP contribution in [-0.4, -0.2) is 420 Å². The van der Waals surface area contributed by atoms with Crippen molar-refractivity contribution in [2.45, 2.75) is 271 Å². The topological polar surface area (TPSA) is 719 Å². The van der Waals surface area contributed by atoms with Gasteiger partial charge in [0.15, 0.2) is 50.0 Å². The van der Waals surface area contributed by atoms with Crippen molar-refractivity contribution in [3.8, 4) is 0 Å². The maximum atomic E-state index is 11.3. The van der Waals surface area contributed by atoms with E-state index in [4.69, 9.17) is 93.7 Å². The average Bonchev–Trinajstić information content (AvgIpc) is 1.05. The van der Waals surface area contributed by atoms with Crippen molar-refractivity contribution in [1.29, 1.82) is 0 Å². The van der Waals surface area contributed by atoms with Gasteiger partial charge in [-0.3, -0.25) is 14.6 Å². The molecule has 101 heavy (non-hydrogen) atoms. The summed E-state index contributed by atoms with van der Waals surface area (Å²) in [6.45, 7) is -6.91. The molecule has 22 heterocycles. The minimum absolute atomic E-state index is 0.0129. The molecule has 0 spiro atoms. The molecule has 22 aliphatic rings. The van der Waals surface area contributed by atoms with Crippen molar-refractivity contribution in [1.82, 2.24) is 0 Å². The molecule has 0 aromatic carbocycles. The molecular formula is C56H98N4O39S2. The number of rotatable bonds is 17. The number of carbonyl (C=O) groups is 2. The molecule has 22 saturated heterocycles. The van der Waals surface area contributed by atoms with E-state index >= 15 is 0 Å². The molecule has 0 aliphatic carbocycles. The van der Waals surface area contributed by atoms with Crippen LogP contribution >= 0.6 is 21.6 Å². The monoisotopic (exact) mass is 1510 g/mol. The molecule has 22 fully saturated rings. The van der Waals surface area contributed by atoms with Crippen LogP contribution in [0.2, 0.25) is 0 Å². The predicted octanol–water partition coefficient (Wildman–Crippen LogP) is -14.0. The summed E-state index contributed by atoms with van der Waals surface area (Å²) < 4.78 is 79.5. The first-order valence-electron chi connectivity index (χ1n) is 32.5. The van der Waals surface area contributed by atoms with Crippen LogP contribution in [0.1, 0.15) is 44.9 Å². The van der Waals surface area contributed by atoms with Gasteiger partial charge in [-0.1, -0.05) is 28.0 Å². The number of unbranched alkanes of at least 4 members (excludes halogenated alkanes) is 1. The molecule has 43 nitrogen and oxygen atoms in total. The van der Waals surface area contributed by atoms with E-state index in [1.54, 1.807) is 0 Å². The Hall–Kier alpha value is -2.53. The van der Waals surface area contributed by atoms with Crippen LogP contribution in [-0.2, 0) is 75.9 Å². The smallest absolute Gasteiger partial charge is 0.320 e. The van der Waals surface area contributed by atoms with Crippen molar-refractivity contribution in [2.24, 2.45) is 22.2 Å². The largest absolute Gasteiger partial charge is 0.481 e. The van der Waals surface area contributed by atoms with Crippen molar-refractivity contribution < 1.29 is 193 Å². The first-order valence-corrected chi connectivity index (χ1v) is 34.9. The highest BCUT2D eigenvalue weighted by molar-refractivity contribution is 8.77. The van der Waals surface area contributed by atoms with E-state index in [9.17, 15) is 117 Å². The zero-order valence-corrected chi connectivity index (χ0v) is 55.6. The summed E-state index contributed by atoms with van der Waals surface area (Å²) in [5.41, 5.74) is 15.3. The van der Waals surface area contributed by atoms with Gasteiger partial charge in [0.2, 0.25) is 0 Å². The Morgan fingerprint density at radius 1 is 0.376 bits per heavy atom. The second-order valence-corrected chi connectivity index (χ2v) is 27.8. The van der Waals surface area contributed by atoms with Gasteiger partial charge in [0, 0.05) is 24.0 Å². The third-order valence-electron chi connectivity index (χ3n) is 18.0. The summed E-state index contributed by atoms with van der Waals surface area (Å²) in [6, 6.07) is -0.820. The number of aliphatic hydroxyl groups is 21. The number of carboxylic acids is 2.